The van der Waals surface area contributed by atoms with E-state index in [0.717, 1.165) is 34.5 Å². The number of nitrogens with zero attached hydrogens (tertiary/aromatic N) is 4. The maximum absolute atomic E-state index is 12.6. The number of ether oxygens (including phenoxy) is 1. The number of benzene rings is 2. The number of hydrogen-bond acceptors (Lipinski definition) is 5. The van der Waals surface area contributed by atoms with Crippen molar-refractivity contribution in [2.45, 2.75) is 12.5 Å². The first-order chi connectivity index (χ1) is 14.8. The molecule has 2 aromatic carbocycles. The van der Waals surface area contributed by atoms with Crippen LogP contribution in [-0.2, 0) is 6.42 Å². The van der Waals surface area contributed by atoms with Crippen molar-refractivity contribution >= 4 is 5.91 Å². The highest BCUT2D eigenvalue weighted by molar-refractivity contribution is 5.93. The van der Waals surface area contributed by atoms with Crippen molar-refractivity contribution in [2.24, 2.45) is 0 Å². The predicted octanol–water partition coefficient (Wildman–Crippen LogP) is 3.06. The Labute approximate surface area is 173 Å². The van der Waals surface area contributed by atoms with Crippen molar-refractivity contribution in [3.8, 4) is 22.6 Å². The van der Waals surface area contributed by atoms with Crippen LogP contribution in [0.15, 0.2) is 79.6 Å². The Morgan fingerprint density at radius 3 is 2.73 bits per heavy atom. The second-order valence-corrected chi connectivity index (χ2v) is 7.08. The molecule has 30 heavy (non-hydrogen) atoms. The predicted molar refractivity (Wildman–Crippen MR) is 111 cm³/mol. The second-order valence-electron chi connectivity index (χ2n) is 7.08. The van der Waals surface area contributed by atoms with Gasteiger partial charge in [-0.05, 0) is 17.7 Å². The highest BCUT2D eigenvalue weighted by Crippen LogP contribution is 2.38. The van der Waals surface area contributed by atoms with Crippen LogP contribution in [-0.4, -0.2) is 38.3 Å². The number of carbonyl (C=O) groups is 1. The third-order valence-corrected chi connectivity index (χ3v) is 5.06. The van der Waals surface area contributed by atoms with Crippen LogP contribution in [0.3, 0.4) is 0 Å². The lowest BCUT2D eigenvalue weighted by atomic mass is 10.0. The van der Waals surface area contributed by atoms with Gasteiger partial charge in [0.15, 0.2) is 0 Å². The van der Waals surface area contributed by atoms with Gasteiger partial charge in [0.2, 0.25) is 0 Å². The summed E-state index contributed by atoms with van der Waals surface area (Å²) in [5.74, 6) is 0.664. The summed E-state index contributed by atoms with van der Waals surface area (Å²) in [6.07, 6.45) is 8.95. The molecule has 0 bridgehead atoms. The molecule has 0 saturated heterocycles. The molecule has 1 N–H and O–H groups in total. The Bertz CT molecular complexity index is 1170. The summed E-state index contributed by atoms with van der Waals surface area (Å²) in [6.45, 7) is 0.411. The molecule has 148 valence electrons. The van der Waals surface area contributed by atoms with Gasteiger partial charge >= 0.3 is 0 Å². The van der Waals surface area contributed by atoms with Crippen molar-refractivity contribution in [1.29, 1.82) is 0 Å². The zero-order valence-corrected chi connectivity index (χ0v) is 16.1. The molecule has 5 rings (SSSR count). The first-order valence-electron chi connectivity index (χ1n) is 9.70. The molecule has 1 aliphatic rings. The molecule has 7 nitrogen and oxygen atoms in total. The van der Waals surface area contributed by atoms with Gasteiger partial charge in [0.05, 0.1) is 24.0 Å². The van der Waals surface area contributed by atoms with E-state index in [1.165, 1.54) is 6.33 Å². The molecular weight excluding hydrogens is 378 g/mol. The third-order valence-electron chi connectivity index (χ3n) is 5.06. The van der Waals surface area contributed by atoms with Crippen LogP contribution in [0.1, 0.15) is 15.9 Å². The summed E-state index contributed by atoms with van der Waals surface area (Å²) in [5.41, 5.74) is 4.41. The highest BCUT2D eigenvalue weighted by Gasteiger charge is 2.26. The van der Waals surface area contributed by atoms with Crippen LogP contribution < -0.4 is 10.1 Å². The van der Waals surface area contributed by atoms with Gasteiger partial charge < -0.3 is 10.1 Å². The lowest BCUT2D eigenvalue weighted by Gasteiger charge is -2.13. The number of hydrogen-bond donors (Lipinski definition) is 1. The van der Waals surface area contributed by atoms with Gasteiger partial charge in [0, 0.05) is 36.1 Å². The smallest absolute Gasteiger partial charge is 0.254 e. The molecule has 1 amide bonds. The molecule has 0 radical (unpaired) electrons. The quantitative estimate of drug-likeness (QED) is 0.560. The van der Waals surface area contributed by atoms with Crippen LogP contribution in [0, 0.1) is 0 Å². The molecule has 0 saturated carbocycles. The molecule has 2 aromatic heterocycles. The van der Waals surface area contributed by atoms with Crippen LogP contribution in [0.4, 0.5) is 0 Å². The maximum Gasteiger partial charge on any atom is 0.254 e. The van der Waals surface area contributed by atoms with Crippen LogP contribution in [0.5, 0.6) is 5.75 Å². The molecule has 1 atom stereocenters. The zero-order chi connectivity index (χ0) is 20.3. The number of rotatable bonds is 5. The Morgan fingerprint density at radius 1 is 1.07 bits per heavy atom. The number of aromatic nitrogens is 4. The van der Waals surface area contributed by atoms with E-state index in [4.69, 9.17) is 4.74 Å². The van der Waals surface area contributed by atoms with E-state index in [9.17, 15) is 4.79 Å². The molecule has 0 fully saturated rings. The van der Waals surface area contributed by atoms with E-state index in [2.05, 4.69) is 20.4 Å². The fraction of sp³-hybridized carbons (Fsp3) is 0.130. The minimum absolute atomic E-state index is 0.126. The van der Waals surface area contributed by atoms with Crippen molar-refractivity contribution in [2.75, 3.05) is 6.54 Å². The average Bonchev–Trinajstić information content (AvgIpc) is 3.46. The largest absolute Gasteiger partial charge is 0.487 e. The molecule has 1 unspecified atom stereocenters. The van der Waals surface area contributed by atoms with Crippen LogP contribution in [0.2, 0.25) is 0 Å². The van der Waals surface area contributed by atoms with Gasteiger partial charge in [-0.1, -0.05) is 36.4 Å². The summed E-state index contributed by atoms with van der Waals surface area (Å²) >= 11 is 0. The van der Waals surface area contributed by atoms with Gasteiger partial charge in [-0.2, -0.15) is 5.10 Å². The first kappa shape index (κ1) is 18.1. The van der Waals surface area contributed by atoms with E-state index in [1.807, 2.05) is 48.5 Å². The van der Waals surface area contributed by atoms with Gasteiger partial charge in [0.1, 0.15) is 18.2 Å². The van der Waals surface area contributed by atoms with Gasteiger partial charge in [-0.15, -0.1) is 0 Å². The van der Waals surface area contributed by atoms with E-state index in [1.54, 1.807) is 29.5 Å². The Hall–Kier alpha value is -4.00. The van der Waals surface area contributed by atoms with E-state index in [-0.39, 0.29) is 12.0 Å². The topological polar surface area (TPSA) is 81.9 Å². The van der Waals surface area contributed by atoms with Gasteiger partial charge in [0.25, 0.3) is 5.91 Å². The highest BCUT2D eigenvalue weighted by atomic mass is 16.5. The summed E-state index contributed by atoms with van der Waals surface area (Å²) in [4.78, 5) is 20.8. The van der Waals surface area contributed by atoms with Crippen molar-refractivity contribution in [3.05, 3.63) is 90.8 Å². The van der Waals surface area contributed by atoms with Crippen LogP contribution >= 0.6 is 0 Å². The summed E-state index contributed by atoms with van der Waals surface area (Å²) < 4.78 is 7.85. The summed E-state index contributed by atoms with van der Waals surface area (Å²) in [5, 5.41) is 7.24. The summed E-state index contributed by atoms with van der Waals surface area (Å²) in [7, 11) is 0. The normalized spacial score (nSPS) is 14.7. The molecule has 0 aliphatic carbocycles. The number of carbonyl (C=O) groups excluding carboxylic acids is 1. The van der Waals surface area contributed by atoms with Crippen molar-refractivity contribution in [1.82, 2.24) is 25.1 Å². The Kier molecular flexibility index (Phi) is 4.69. The Morgan fingerprint density at radius 2 is 1.90 bits per heavy atom. The minimum Gasteiger partial charge on any atom is -0.487 e. The molecule has 0 spiro atoms. The van der Waals surface area contributed by atoms with Gasteiger partial charge in [-0.3, -0.25) is 4.79 Å². The number of nitrogens with one attached hydrogen (secondary N) is 1. The number of fused-ring (bicyclic) bond motifs is 1. The monoisotopic (exact) mass is 397 g/mol. The molecule has 3 heterocycles. The first-order valence-corrected chi connectivity index (χ1v) is 9.70. The zero-order valence-electron chi connectivity index (χ0n) is 16.1. The molecule has 1 aliphatic heterocycles. The van der Waals surface area contributed by atoms with Crippen molar-refractivity contribution in [3.63, 3.8) is 0 Å². The lowest BCUT2D eigenvalue weighted by molar-refractivity contribution is 0.0933. The van der Waals surface area contributed by atoms with Crippen molar-refractivity contribution < 1.29 is 9.53 Å². The SMILES string of the molecule is O=C(NCC1Cc2cccc(-c3cncnc3)c2O1)c1cnn(-c2ccccc2)c1. The van der Waals surface area contributed by atoms with E-state index in [0.29, 0.717) is 12.1 Å². The van der Waals surface area contributed by atoms with Gasteiger partial charge in [-0.25, -0.2) is 14.6 Å². The number of para-hydroxylation sites is 2. The maximum atomic E-state index is 12.6. The second kappa shape index (κ2) is 7.79. The number of amides is 1. The fourth-order valence-corrected chi connectivity index (χ4v) is 3.59. The standard InChI is InChI=1S/C23H19N5O2/c29-23(18-12-27-28(14-18)19-6-2-1-3-7-19)26-13-20-9-16-5-4-8-21(22(16)30-20)17-10-24-15-25-11-17/h1-8,10-12,14-15,20H,9,13H2,(H,26,29). The third kappa shape index (κ3) is 3.53. The van der Waals surface area contributed by atoms with E-state index < -0.39 is 0 Å². The Balaban J connectivity index is 1.25. The van der Waals surface area contributed by atoms with E-state index >= 15 is 0 Å². The van der Waals surface area contributed by atoms with Crippen LogP contribution in [0.25, 0.3) is 16.8 Å². The minimum atomic E-state index is -0.173. The lowest BCUT2D eigenvalue weighted by Crippen LogP contribution is -2.34. The molecule has 7 heteroatoms. The fourth-order valence-electron chi connectivity index (χ4n) is 3.59. The molecule has 4 aromatic rings. The average molecular weight is 397 g/mol. The molecular formula is C23H19N5O2. The summed E-state index contributed by atoms with van der Waals surface area (Å²) in [6, 6.07) is 15.7.